The zero-order valence-electron chi connectivity index (χ0n) is 47.5. The van der Waals surface area contributed by atoms with Crippen LogP contribution in [0.25, 0.3) is 0 Å². The summed E-state index contributed by atoms with van der Waals surface area (Å²) in [5.41, 5.74) is 14.3. The molecule has 1 aromatic rings. The first-order valence-electron chi connectivity index (χ1n) is 24.9. The smallest absolute Gasteiger partial charge is 0.237 e. The highest BCUT2D eigenvalue weighted by Gasteiger charge is 2.32. The fraction of sp³-hybridized carbons (Fsp3) is 0.582. The molecular weight excluding hydrogens is 951 g/mol. The lowest BCUT2D eigenvalue weighted by molar-refractivity contribution is -0.135. The number of rotatable bonds is 20. The van der Waals surface area contributed by atoms with Crippen molar-refractivity contribution in [3.63, 3.8) is 0 Å². The molecule has 0 bridgehead atoms. The van der Waals surface area contributed by atoms with Gasteiger partial charge >= 0.3 is 0 Å². The van der Waals surface area contributed by atoms with Gasteiger partial charge in [-0.15, -0.1) is 0 Å². The first kappa shape index (κ1) is 79.7. The van der Waals surface area contributed by atoms with Crippen molar-refractivity contribution in [3.05, 3.63) is 83.0 Å². The number of nitrogens with two attached hydrogens (primary N) is 2. The number of allylic oxidation sites excluding steroid dienone is 7. The van der Waals surface area contributed by atoms with Crippen LogP contribution in [0.1, 0.15) is 107 Å². The third-order valence-corrected chi connectivity index (χ3v) is 9.66. The van der Waals surface area contributed by atoms with Gasteiger partial charge in [0.25, 0.3) is 0 Å². The van der Waals surface area contributed by atoms with Crippen molar-refractivity contribution in [2.24, 2.45) is 28.3 Å². The molecule has 11 N–H and O–H groups in total. The van der Waals surface area contributed by atoms with Crippen LogP contribution in [0.3, 0.4) is 0 Å². The van der Waals surface area contributed by atoms with E-state index in [-0.39, 0.29) is 55.1 Å². The number of aliphatic hydroxyl groups excluding tert-OH is 4. The van der Waals surface area contributed by atoms with Crippen LogP contribution in [0.2, 0.25) is 0 Å². The molecule has 5 unspecified atom stereocenters. The summed E-state index contributed by atoms with van der Waals surface area (Å²) in [5.74, 6) is 0.992. The molecule has 2 saturated heterocycles. The average molecular weight is 1050 g/mol. The maximum atomic E-state index is 11.9. The highest BCUT2D eigenvalue weighted by atomic mass is 16.5. The van der Waals surface area contributed by atoms with Crippen LogP contribution in [0, 0.1) is 11.8 Å². The van der Waals surface area contributed by atoms with Crippen LogP contribution >= 0.6 is 0 Å². The normalized spacial score (nSPS) is 17.9. The molecule has 1 aromatic carbocycles. The number of nitrogens with zero attached hydrogens (tertiary/aromatic N) is 2. The summed E-state index contributed by atoms with van der Waals surface area (Å²) in [5, 5.41) is 42.2. The fourth-order valence-electron chi connectivity index (χ4n) is 5.94. The van der Waals surface area contributed by atoms with Crippen molar-refractivity contribution >= 4 is 55.4 Å². The molecule has 2 heterocycles. The summed E-state index contributed by atoms with van der Waals surface area (Å²) >= 11 is 0. The molecule has 2 fully saturated rings. The Morgan fingerprint density at radius 1 is 0.932 bits per heavy atom. The zero-order valence-corrected chi connectivity index (χ0v) is 47.5. The van der Waals surface area contributed by atoms with E-state index in [4.69, 9.17) is 30.2 Å². The summed E-state index contributed by atoms with van der Waals surface area (Å²) < 4.78 is 12.0. The number of piperidine rings is 1. The molecule has 2 aliphatic rings. The van der Waals surface area contributed by atoms with E-state index in [1.807, 2.05) is 99.0 Å². The quantitative estimate of drug-likeness (QED) is 0.0173. The van der Waals surface area contributed by atoms with Crippen molar-refractivity contribution in [3.8, 4) is 0 Å². The molecule has 19 nitrogen and oxygen atoms in total. The van der Waals surface area contributed by atoms with Crippen LogP contribution in [-0.4, -0.2) is 162 Å². The van der Waals surface area contributed by atoms with E-state index >= 15 is 0 Å². The van der Waals surface area contributed by atoms with Crippen LogP contribution < -0.4 is 27.4 Å². The van der Waals surface area contributed by atoms with E-state index in [2.05, 4.69) is 52.3 Å². The Morgan fingerprint density at radius 3 is 1.89 bits per heavy atom. The Bertz CT molecular complexity index is 1710. The predicted octanol–water partition coefficient (Wildman–Crippen LogP) is 6.30. The lowest BCUT2D eigenvalue weighted by Crippen LogP contribution is -2.44. The Hall–Kier alpha value is -5.67. The zero-order chi connectivity index (χ0) is 58.5. The highest BCUT2D eigenvalue weighted by molar-refractivity contribution is 5.83. The number of hydrogen-bond acceptors (Lipinski definition) is 18. The number of aliphatic hydroxyl groups is 4. The van der Waals surface area contributed by atoms with Gasteiger partial charge in [0.15, 0.2) is 6.29 Å². The summed E-state index contributed by atoms with van der Waals surface area (Å²) in [4.78, 5) is 70.0. The third-order valence-electron chi connectivity index (χ3n) is 9.66. The number of carbonyl (C=O) groups is 6. The first-order valence-corrected chi connectivity index (χ1v) is 24.9. The standard InChI is InChI=1S/C30H42N2O7.C8H12N2.C7H14N2O2.C4H10.C2H6.CH5N.2CH4O.CH2O/c1-4-23(14-22(2)19-34)8-7-13-38-29(30-16-26(37)15-27(21-36)39-30)17-28(24(20-35)10-12-33)31-18-25-9-5-6-11-32(25)3;1-9-7-3-5-8(10-2)6-4-7;1-5(2)6(8)7(11)9-3-4-10;1-4(2)3;5*1-2/h4,10,12,14,17-21,25-27,30,33,37H,5-9,11,13,15-16H2,1-3H3;3-6,9-10H,1-2H3;4-6H,3,8H2,1-2H3,(H,9,11);4H,1-3H3;1-2H3;2H2,1H3;2*2H,1H3;1H2/b12-10+,22-14+,23-4-,28-24-,29-17+,31-18?;;;;;;;;. The third kappa shape index (κ3) is 41.8. The molecule has 426 valence electrons. The van der Waals surface area contributed by atoms with Crippen LogP contribution in [0.4, 0.5) is 11.4 Å². The maximum Gasteiger partial charge on any atom is 0.237 e. The molecule has 2 aliphatic heterocycles. The van der Waals surface area contributed by atoms with Crippen LogP contribution in [0.5, 0.6) is 0 Å². The van der Waals surface area contributed by atoms with Gasteiger partial charge in [-0.05, 0) is 108 Å². The maximum absolute atomic E-state index is 11.9. The molecule has 3 rings (SSSR count). The molecule has 19 heteroatoms. The average Bonchev–Trinajstić information content (AvgIpc) is 3.43. The monoisotopic (exact) mass is 1050 g/mol. The van der Waals surface area contributed by atoms with E-state index in [0.29, 0.717) is 43.0 Å². The summed E-state index contributed by atoms with van der Waals surface area (Å²) in [6.45, 7) is 21.1. The molecule has 0 aromatic heterocycles. The fourth-order valence-corrected chi connectivity index (χ4v) is 5.94. The second kappa shape index (κ2) is 56.6. The number of ether oxygens (including phenoxy) is 2. The number of carbonyl (C=O) groups excluding carboxylic acids is 6. The van der Waals surface area contributed by atoms with Gasteiger partial charge in [-0.2, -0.15) is 0 Å². The summed E-state index contributed by atoms with van der Waals surface area (Å²) in [7, 11) is 9.35. The van der Waals surface area contributed by atoms with Gasteiger partial charge in [0, 0.05) is 76.4 Å². The molecule has 1 amide bonds. The molecule has 0 radical (unpaired) electrons. The number of aldehydes is 4. The Kier molecular flexibility index (Phi) is 61.0. The van der Waals surface area contributed by atoms with Crippen LogP contribution in [0.15, 0.2) is 88.0 Å². The molecule has 74 heavy (non-hydrogen) atoms. The second-order valence-electron chi connectivity index (χ2n) is 16.4. The Labute approximate surface area is 444 Å². The largest absolute Gasteiger partial charge is 0.516 e. The SMILES string of the molecule is C/C=C(\C=C(/C)C=O)CCCO/C(=C/C(N=CC1CCCCN1C)=C(C=O)\C=C\O)C1CC(O)CC(C=O)O1.C=O.CC.CC(C)C.CC(C)C(N)C(=O)NCC=O.CN.CNc1ccc(NC)cc1.CO.CO. The Balaban J connectivity index is -0.000000267. The van der Waals surface area contributed by atoms with Crippen molar-refractivity contribution < 1.29 is 58.7 Å². The molecule has 0 spiro atoms. The molecular formula is C55H99N7O12. The van der Waals surface area contributed by atoms with Gasteiger partial charge in [-0.25, -0.2) is 0 Å². The van der Waals surface area contributed by atoms with Crippen LogP contribution in [-0.2, 0) is 38.2 Å². The van der Waals surface area contributed by atoms with Gasteiger partial charge in [0.05, 0.1) is 37.3 Å². The molecule has 0 aliphatic carbocycles. The van der Waals surface area contributed by atoms with Gasteiger partial charge in [0.1, 0.15) is 43.6 Å². The molecule has 0 saturated carbocycles. The van der Waals surface area contributed by atoms with Gasteiger partial charge in [0.2, 0.25) is 5.91 Å². The van der Waals surface area contributed by atoms with Crippen molar-refractivity contribution in [2.75, 3.05) is 72.7 Å². The van der Waals surface area contributed by atoms with Crippen molar-refractivity contribution in [2.45, 2.75) is 138 Å². The predicted molar refractivity (Wildman–Crippen MR) is 303 cm³/mol. The topological polar surface area (TPSA) is 306 Å². The number of benzene rings is 1. The van der Waals surface area contributed by atoms with Crippen molar-refractivity contribution in [1.82, 2.24) is 10.2 Å². The first-order chi connectivity index (χ1) is 35.5. The number of likely N-dealkylation sites (tertiary alicyclic amines) is 1. The van der Waals surface area contributed by atoms with E-state index < -0.39 is 24.4 Å². The van der Waals surface area contributed by atoms with E-state index in [0.717, 1.165) is 75.4 Å². The number of hydrogen-bond donors (Lipinski definition) is 9. The van der Waals surface area contributed by atoms with E-state index in [9.17, 15) is 34.2 Å². The number of anilines is 2. The lowest BCUT2D eigenvalue weighted by atomic mass is 9.99. The summed E-state index contributed by atoms with van der Waals surface area (Å²) in [6.07, 6.45) is 14.4. The number of amides is 1. The molecule has 5 atom stereocenters. The minimum atomic E-state index is -0.786. The Morgan fingerprint density at radius 2 is 1.47 bits per heavy atom. The second-order valence-corrected chi connectivity index (χ2v) is 16.4. The van der Waals surface area contributed by atoms with Gasteiger partial charge in [-0.1, -0.05) is 72.6 Å². The lowest BCUT2D eigenvalue weighted by Gasteiger charge is -2.32. The van der Waals surface area contributed by atoms with Crippen molar-refractivity contribution in [1.29, 1.82) is 0 Å². The minimum absolute atomic E-state index is 0.0409. The minimum Gasteiger partial charge on any atom is -0.516 e. The van der Waals surface area contributed by atoms with E-state index in [1.54, 1.807) is 19.2 Å². The summed E-state index contributed by atoms with van der Waals surface area (Å²) in [6, 6.07) is 7.72. The van der Waals surface area contributed by atoms with E-state index in [1.165, 1.54) is 13.1 Å². The van der Waals surface area contributed by atoms with Gasteiger partial charge in [-0.3, -0.25) is 24.3 Å². The number of nitrogens with one attached hydrogen (secondary N) is 3. The van der Waals surface area contributed by atoms with Gasteiger partial charge < -0.3 is 71.7 Å². The number of aliphatic imine (C=N–C) groups is 1. The highest BCUT2D eigenvalue weighted by Crippen LogP contribution is 2.27.